The fourth-order valence-electron chi connectivity index (χ4n) is 1.64. The van der Waals surface area contributed by atoms with E-state index < -0.39 is 0 Å². The maximum atomic E-state index is 11.8. The number of aromatic nitrogens is 1. The number of carbonyl (C=O) groups is 1. The van der Waals surface area contributed by atoms with Gasteiger partial charge >= 0.3 is 0 Å². The lowest BCUT2D eigenvalue weighted by Crippen LogP contribution is -2.42. The number of Topliss-reactive ketones (excluding diaryl/α,β-unsaturated/α-hetero) is 1. The molecule has 1 aromatic heterocycles. The summed E-state index contributed by atoms with van der Waals surface area (Å²) in [4.78, 5) is 16.0. The molecule has 16 heavy (non-hydrogen) atoms. The van der Waals surface area contributed by atoms with E-state index in [-0.39, 0.29) is 11.8 Å². The fraction of sp³-hybridized carbons (Fsp3) is 0.538. The van der Waals surface area contributed by atoms with E-state index in [0.717, 1.165) is 5.69 Å². The van der Waals surface area contributed by atoms with Crippen molar-refractivity contribution in [2.75, 3.05) is 0 Å². The summed E-state index contributed by atoms with van der Waals surface area (Å²) in [6, 6.07) is 5.99. The highest BCUT2D eigenvalue weighted by Gasteiger charge is 2.18. The van der Waals surface area contributed by atoms with Crippen molar-refractivity contribution in [1.82, 2.24) is 10.3 Å². The van der Waals surface area contributed by atoms with Crippen LogP contribution >= 0.6 is 0 Å². The lowest BCUT2D eigenvalue weighted by atomic mass is 10.0. The average molecular weight is 220 g/mol. The summed E-state index contributed by atoms with van der Waals surface area (Å²) in [5, 5.41) is 3.29. The number of pyridine rings is 1. The lowest BCUT2D eigenvalue weighted by molar-refractivity contribution is -0.120. The van der Waals surface area contributed by atoms with Gasteiger partial charge in [-0.1, -0.05) is 26.8 Å². The number of carbonyl (C=O) groups excluding carboxylic acids is 1. The number of ketones is 1. The monoisotopic (exact) mass is 220 g/mol. The zero-order valence-corrected chi connectivity index (χ0v) is 10.2. The van der Waals surface area contributed by atoms with Gasteiger partial charge in [-0.3, -0.25) is 9.78 Å². The van der Waals surface area contributed by atoms with Gasteiger partial charge in [0, 0.05) is 30.8 Å². The smallest absolute Gasteiger partial charge is 0.149 e. The van der Waals surface area contributed by atoms with Crippen LogP contribution in [-0.2, 0) is 11.2 Å². The first-order valence-electron chi connectivity index (χ1n) is 5.82. The highest BCUT2D eigenvalue weighted by molar-refractivity contribution is 5.84. The topological polar surface area (TPSA) is 42.0 Å². The Morgan fingerprint density at radius 2 is 2.19 bits per heavy atom. The third kappa shape index (κ3) is 4.11. The van der Waals surface area contributed by atoms with Gasteiger partial charge in [-0.15, -0.1) is 0 Å². The maximum Gasteiger partial charge on any atom is 0.149 e. The first-order chi connectivity index (χ1) is 7.63. The van der Waals surface area contributed by atoms with E-state index >= 15 is 0 Å². The second-order valence-electron chi connectivity index (χ2n) is 4.22. The molecule has 1 N–H and O–H groups in total. The van der Waals surface area contributed by atoms with Gasteiger partial charge in [0.15, 0.2) is 0 Å². The van der Waals surface area contributed by atoms with Crippen LogP contribution in [-0.4, -0.2) is 22.9 Å². The predicted molar refractivity (Wildman–Crippen MR) is 65.3 cm³/mol. The minimum absolute atomic E-state index is 0.111. The Morgan fingerprint density at radius 1 is 1.44 bits per heavy atom. The summed E-state index contributed by atoms with van der Waals surface area (Å²) >= 11 is 0. The summed E-state index contributed by atoms with van der Waals surface area (Å²) < 4.78 is 0. The van der Waals surface area contributed by atoms with Crippen molar-refractivity contribution in [2.24, 2.45) is 0 Å². The second kappa shape index (κ2) is 6.38. The van der Waals surface area contributed by atoms with Crippen LogP contribution < -0.4 is 5.32 Å². The summed E-state index contributed by atoms with van der Waals surface area (Å²) in [6.45, 7) is 6.00. The quantitative estimate of drug-likeness (QED) is 0.797. The van der Waals surface area contributed by atoms with Crippen LogP contribution in [0.5, 0.6) is 0 Å². The Morgan fingerprint density at radius 3 is 2.69 bits per heavy atom. The molecule has 0 radical (unpaired) electrons. The highest BCUT2D eigenvalue weighted by Crippen LogP contribution is 2.03. The zero-order valence-electron chi connectivity index (χ0n) is 10.2. The van der Waals surface area contributed by atoms with Crippen molar-refractivity contribution in [1.29, 1.82) is 0 Å². The Bertz CT molecular complexity index is 322. The second-order valence-corrected chi connectivity index (χ2v) is 4.22. The van der Waals surface area contributed by atoms with E-state index in [1.54, 1.807) is 6.20 Å². The van der Waals surface area contributed by atoms with Crippen molar-refractivity contribution < 1.29 is 4.79 Å². The molecule has 0 saturated carbocycles. The van der Waals surface area contributed by atoms with Crippen LogP contribution in [0.1, 0.15) is 32.9 Å². The van der Waals surface area contributed by atoms with Crippen LogP contribution in [0, 0.1) is 0 Å². The van der Waals surface area contributed by atoms with Crippen molar-refractivity contribution in [3.8, 4) is 0 Å². The van der Waals surface area contributed by atoms with Crippen molar-refractivity contribution in [3.05, 3.63) is 30.1 Å². The van der Waals surface area contributed by atoms with Crippen molar-refractivity contribution in [3.63, 3.8) is 0 Å². The van der Waals surface area contributed by atoms with Gasteiger partial charge in [-0.25, -0.2) is 0 Å². The molecule has 0 spiro atoms. The molecular formula is C13H20N2O. The molecule has 0 aliphatic rings. The van der Waals surface area contributed by atoms with E-state index in [9.17, 15) is 4.79 Å². The van der Waals surface area contributed by atoms with Crippen LogP contribution in [0.25, 0.3) is 0 Å². The number of rotatable bonds is 6. The molecule has 0 amide bonds. The predicted octanol–water partition coefficient (Wildman–Crippen LogP) is 1.97. The van der Waals surface area contributed by atoms with Crippen LogP contribution in [0.2, 0.25) is 0 Å². The van der Waals surface area contributed by atoms with Gasteiger partial charge in [-0.05, 0) is 12.1 Å². The van der Waals surface area contributed by atoms with Crippen LogP contribution in [0.15, 0.2) is 24.4 Å². The normalized spacial score (nSPS) is 12.8. The molecule has 0 saturated heterocycles. The first-order valence-corrected chi connectivity index (χ1v) is 5.82. The number of nitrogens with zero attached hydrogens (tertiary/aromatic N) is 1. The molecule has 0 bridgehead atoms. The Labute approximate surface area is 97.3 Å². The summed E-state index contributed by atoms with van der Waals surface area (Å²) in [7, 11) is 0. The highest BCUT2D eigenvalue weighted by atomic mass is 16.1. The lowest BCUT2D eigenvalue weighted by Gasteiger charge is -2.19. The molecule has 1 rings (SSSR count). The SMILES string of the molecule is CCC(=O)[C@H](Cc1ccccn1)NC(C)C. The van der Waals surface area contributed by atoms with E-state index in [0.29, 0.717) is 18.9 Å². The first kappa shape index (κ1) is 12.8. The van der Waals surface area contributed by atoms with Gasteiger partial charge in [0.2, 0.25) is 0 Å². The summed E-state index contributed by atoms with van der Waals surface area (Å²) in [6.07, 6.45) is 3.00. The molecule has 1 atom stereocenters. The molecule has 0 aliphatic heterocycles. The number of nitrogens with one attached hydrogen (secondary N) is 1. The number of hydrogen-bond donors (Lipinski definition) is 1. The van der Waals surface area contributed by atoms with Crippen molar-refractivity contribution in [2.45, 2.75) is 45.7 Å². The van der Waals surface area contributed by atoms with Gasteiger partial charge in [0.25, 0.3) is 0 Å². The fourth-order valence-corrected chi connectivity index (χ4v) is 1.64. The van der Waals surface area contributed by atoms with Crippen LogP contribution in [0.4, 0.5) is 0 Å². The van der Waals surface area contributed by atoms with Gasteiger partial charge in [0.1, 0.15) is 5.78 Å². The Kier molecular flexibility index (Phi) is 5.12. The van der Waals surface area contributed by atoms with E-state index in [1.807, 2.05) is 39.0 Å². The zero-order chi connectivity index (χ0) is 12.0. The van der Waals surface area contributed by atoms with E-state index in [4.69, 9.17) is 0 Å². The van der Waals surface area contributed by atoms with Gasteiger partial charge < -0.3 is 5.32 Å². The minimum Gasteiger partial charge on any atom is -0.305 e. The van der Waals surface area contributed by atoms with Gasteiger partial charge in [0.05, 0.1) is 6.04 Å². The Hall–Kier alpha value is -1.22. The van der Waals surface area contributed by atoms with Gasteiger partial charge in [-0.2, -0.15) is 0 Å². The molecule has 0 aliphatic carbocycles. The standard InChI is InChI=1S/C13H20N2O/c1-4-13(16)12(15-10(2)3)9-11-7-5-6-8-14-11/h5-8,10,12,15H,4,9H2,1-3H3/t12-/m0/s1. The third-order valence-electron chi connectivity index (χ3n) is 2.41. The van der Waals surface area contributed by atoms with Crippen molar-refractivity contribution >= 4 is 5.78 Å². The third-order valence-corrected chi connectivity index (χ3v) is 2.41. The maximum absolute atomic E-state index is 11.8. The minimum atomic E-state index is -0.111. The largest absolute Gasteiger partial charge is 0.305 e. The Balaban J connectivity index is 2.67. The molecule has 1 aromatic rings. The molecule has 0 fully saturated rings. The molecule has 3 heteroatoms. The van der Waals surface area contributed by atoms with E-state index in [1.165, 1.54) is 0 Å². The summed E-state index contributed by atoms with van der Waals surface area (Å²) in [5.74, 6) is 0.249. The molecule has 1 heterocycles. The molecule has 88 valence electrons. The van der Waals surface area contributed by atoms with E-state index in [2.05, 4.69) is 10.3 Å². The summed E-state index contributed by atoms with van der Waals surface area (Å²) in [5.41, 5.74) is 0.961. The molecule has 0 aromatic carbocycles. The molecular weight excluding hydrogens is 200 g/mol. The van der Waals surface area contributed by atoms with Crippen LogP contribution in [0.3, 0.4) is 0 Å². The number of hydrogen-bond acceptors (Lipinski definition) is 3. The molecule has 3 nitrogen and oxygen atoms in total. The molecule has 0 unspecified atom stereocenters. The average Bonchev–Trinajstić information content (AvgIpc) is 2.28.